The highest BCUT2D eigenvalue weighted by Crippen LogP contribution is 2.23. The molecule has 1 saturated heterocycles. The van der Waals surface area contributed by atoms with Gasteiger partial charge >= 0.3 is 0 Å². The third kappa shape index (κ3) is 3.58. The number of pyridine rings is 1. The minimum Gasteiger partial charge on any atom is -0.366 e. The van der Waals surface area contributed by atoms with Crippen LogP contribution in [0.1, 0.15) is 5.69 Å². The number of fused-ring (bicyclic) bond motifs is 1. The highest BCUT2D eigenvalue weighted by atomic mass is 35.5. The highest BCUT2D eigenvalue weighted by Gasteiger charge is 2.22. The van der Waals surface area contributed by atoms with Crippen LogP contribution < -0.4 is 10.5 Å². The van der Waals surface area contributed by atoms with E-state index in [1.807, 2.05) is 59.1 Å². The fraction of sp³-hybridized carbons (Fsp3) is 0.227. The second kappa shape index (κ2) is 7.93. The molecule has 0 unspecified atom stereocenters. The predicted octanol–water partition coefficient (Wildman–Crippen LogP) is 2.86. The molecule has 0 spiro atoms. The number of imidazole rings is 1. The lowest BCUT2D eigenvalue weighted by Gasteiger charge is -2.35. The molecule has 0 N–H and O–H groups in total. The van der Waals surface area contributed by atoms with Crippen molar-refractivity contribution in [1.29, 1.82) is 0 Å². The zero-order valence-corrected chi connectivity index (χ0v) is 17.1. The topological polar surface area (TPSA) is 58.7 Å². The average Bonchev–Trinajstić information content (AvgIpc) is 3.19. The number of aromatic nitrogens is 4. The third-order valence-corrected chi connectivity index (χ3v) is 5.77. The number of benzene rings is 1. The van der Waals surface area contributed by atoms with Gasteiger partial charge in [-0.1, -0.05) is 35.9 Å². The summed E-state index contributed by atoms with van der Waals surface area (Å²) in [6.45, 7) is 4.10. The van der Waals surface area contributed by atoms with Gasteiger partial charge in [-0.2, -0.15) is 9.78 Å². The molecule has 0 atom stereocenters. The molecule has 0 saturated carbocycles. The zero-order chi connectivity index (χ0) is 20.5. The van der Waals surface area contributed by atoms with Crippen molar-refractivity contribution in [2.24, 2.45) is 0 Å². The lowest BCUT2D eigenvalue weighted by molar-refractivity contribution is 0.247. The minimum absolute atomic E-state index is 0.211. The SMILES string of the molecule is O=c1c(Cl)c(N2CCN(Cc3cn4ccccc4n3)CC2)cnn1-c1ccccc1. The number of piperazine rings is 1. The Morgan fingerprint density at radius 2 is 1.73 bits per heavy atom. The minimum atomic E-state index is -0.299. The molecular formula is C22H21ClN6O. The highest BCUT2D eigenvalue weighted by molar-refractivity contribution is 6.33. The first-order chi connectivity index (χ1) is 14.7. The summed E-state index contributed by atoms with van der Waals surface area (Å²) in [5.74, 6) is 0. The van der Waals surface area contributed by atoms with Gasteiger partial charge in [-0.3, -0.25) is 9.69 Å². The molecule has 5 rings (SSSR count). The van der Waals surface area contributed by atoms with Crippen LogP contribution in [0.5, 0.6) is 0 Å². The van der Waals surface area contributed by atoms with Crippen molar-refractivity contribution in [3.8, 4) is 5.69 Å². The van der Waals surface area contributed by atoms with Gasteiger partial charge in [0.2, 0.25) is 0 Å². The number of halogens is 1. The number of hydrogen-bond donors (Lipinski definition) is 0. The molecule has 1 aliphatic rings. The van der Waals surface area contributed by atoms with E-state index in [1.54, 1.807) is 6.20 Å². The van der Waals surface area contributed by atoms with Gasteiger partial charge in [0.25, 0.3) is 5.56 Å². The normalized spacial score (nSPS) is 15.0. The van der Waals surface area contributed by atoms with Crippen molar-refractivity contribution in [3.63, 3.8) is 0 Å². The monoisotopic (exact) mass is 420 g/mol. The Morgan fingerprint density at radius 1 is 0.967 bits per heavy atom. The van der Waals surface area contributed by atoms with Crippen LogP contribution in [0.4, 0.5) is 5.69 Å². The van der Waals surface area contributed by atoms with Crippen LogP contribution in [0.15, 0.2) is 71.9 Å². The summed E-state index contributed by atoms with van der Waals surface area (Å²) < 4.78 is 3.38. The molecule has 1 aliphatic heterocycles. The summed E-state index contributed by atoms with van der Waals surface area (Å²) in [5.41, 5.74) is 3.12. The van der Waals surface area contributed by atoms with Crippen LogP contribution in [-0.2, 0) is 6.54 Å². The summed E-state index contributed by atoms with van der Waals surface area (Å²) >= 11 is 6.45. The summed E-state index contributed by atoms with van der Waals surface area (Å²) in [4.78, 5) is 21.9. The Morgan fingerprint density at radius 3 is 2.50 bits per heavy atom. The van der Waals surface area contributed by atoms with Gasteiger partial charge in [-0.15, -0.1) is 0 Å². The molecule has 30 heavy (non-hydrogen) atoms. The maximum absolute atomic E-state index is 12.7. The first kappa shape index (κ1) is 18.8. The molecule has 152 valence electrons. The second-order valence-corrected chi connectivity index (χ2v) is 7.74. The molecule has 4 heterocycles. The van der Waals surface area contributed by atoms with Crippen LogP contribution in [0.25, 0.3) is 11.3 Å². The smallest absolute Gasteiger partial charge is 0.292 e. The molecule has 8 heteroatoms. The summed E-state index contributed by atoms with van der Waals surface area (Å²) in [5, 5.41) is 4.56. The van der Waals surface area contributed by atoms with E-state index in [4.69, 9.17) is 11.6 Å². The van der Waals surface area contributed by atoms with Gasteiger partial charge in [0.05, 0.1) is 23.3 Å². The van der Waals surface area contributed by atoms with E-state index in [0.29, 0.717) is 11.4 Å². The van der Waals surface area contributed by atoms with Crippen molar-refractivity contribution < 1.29 is 0 Å². The number of hydrogen-bond acceptors (Lipinski definition) is 5. The lowest BCUT2D eigenvalue weighted by atomic mass is 10.2. The molecule has 3 aromatic heterocycles. The van der Waals surface area contributed by atoms with Crippen LogP contribution in [-0.4, -0.2) is 50.2 Å². The van der Waals surface area contributed by atoms with Crippen LogP contribution >= 0.6 is 11.6 Å². The Kier molecular flexibility index (Phi) is 4.98. The maximum Gasteiger partial charge on any atom is 0.292 e. The van der Waals surface area contributed by atoms with Crippen molar-refractivity contribution >= 4 is 22.9 Å². The van der Waals surface area contributed by atoms with Gasteiger partial charge in [-0.05, 0) is 24.3 Å². The number of nitrogens with zero attached hydrogens (tertiary/aromatic N) is 6. The van der Waals surface area contributed by atoms with Gasteiger partial charge < -0.3 is 9.30 Å². The number of para-hydroxylation sites is 1. The van der Waals surface area contributed by atoms with Crippen LogP contribution in [0, 0.1) is 0 Å². The van der Waals surface area contributed by atoms with E-state index in [1.165, 1.54) is 4.68 Å². The van der Waals surface area contributed by atoms with Crippen molar-refractivity contribution in [1.82, 2.24) is 24.1 Å². The second-order valence-electron chi connectivity index (χ2n) is 7.36. The molecule has 0 amide bonds. The molecule has 0 radical (unpaired) electrons. The van der Waals surface area contributed by atoms with Gasteiger partial charge in [-0.25, -0.2) is 4.98 Å². The van der Waals surface area contributed by atoms with E-state index in [9.17, 15) is 4.79 Å². The largest absolute Gasteiger partial charge is 0.366 e. The van der Waals surface area contributed by atoms with Crippen molar-refractivity contribution in [2.45, 2.75) is 6.54 Å². The van der Waals surface area contributed by atoms with Crippen LogP contribution in [0.2, 0.25) is 5.02 Å². The summed E-state index contributed by atoms with van der Waals surface area (Å²) in [7, 11) is 0. The molecule has 1 aromatic carbocycles. The molecular weight excluding hydrogens is 400 g/mol. The molecule has 1 fully saturated rings. The number of rotatable bonds is 4. The Labute approximate surface area is 178 Å². The standard InChI is InChI=1S/C22H21ClN6O/c23-21-19(14-24-29(22(21)30)18-6-2-1-3-7-18)27-12-10-26(11-13-27)15-17-16-28-9-5-4-8-20(28)25-17/h1-9,14,16H,10-13,15H2. The lowest BCUT2D eigenvalue weighted by Crippen LogP contribution is -2.46. The van der Waals surface area contributed by atoms with E-state index >= 15 is 0 Å². The maximum atomic E-state index is 12.7. The van der Waals surface area contributed by atoms with E-state index in [-0.39, 0.29) is 10.6 Å². The van der Waals surface area contributed by atoms with Crippen molar-refractivity contribution in [3.05, 3.63) is 88.2 Å². The molecule has 4 aromatic rings. The van der Waals surface area contributed by atoms with Crippen molar-refractivity contribution in [2.75, 3.05) is 31.1 Å². The van der Waals surface area contributed by atoms with Gasteiger partial charge in [0.1, 0.15) is 10.7 Å². The first-order valence-corrected chi connectivity index (χ1v) is 10.3. The third-order valence-electron chi connectivity index (χ3n) is 5.41. The predicted molar refractivity (Wildman–Crippen MR) is 118 cm³/mol. The van der Waals surface area contributed by atoms with Gasteiger partial charge in [0.15, 0.2) is 0 Å². The quantitative estimate of drug-likeness (QED) is 0.508. The molecule has 0 aliphatic carbocycles. The first-order valence-electron chi connectivity index (χ1n) is 9.92. The fourth-order valence-corrected chi connectivity index (χ4v) is 4.09. The summed E-state index contributed by atoms with van der Waals surface area (Å²) in [6, 6.07) is 15.3. The Bertz CT molecular complexity index is 1190. The van der Waals surface area contributed by atoms with Gasteiger partial charge in [0, 0.05) is 45.1 Å². The van der Waals surface area contributed by atoms with E-state index in [0.717, 1.165) is 44.1 Å². The number of anilines is 1. The zero-order valence-electron chi connectivity index (χ0n) is 16.4. The Hall–Kier alpha value is -3.16. The fourth-order valence-electron chi connectivity index (χ4n) is 3.84. The van der Waals surface area contributed by atoms with Crippen LogP contribution in [0.3, 0.4) is 0 Å². The molecule has 0 bridgehead atoms. The Balaban J connectivity index is 1.28. The summed E-state index contributed by atoms with van der Waals surface area (Å²) in [6.07, 6.45) is 5.77. The average molecular weight is 421 g/mol. The van der Waals surface area contributed by atoms with E-state index < -0.39 is 0 Å². The van der Waals surface area contributed by atoms with E-state index in [2.05, 4.69) is 26.1 Å². The molecule has 7 nitrogen and oxygen atoms in total.